The van der Waals surface area contributed by atoms with E-state index in [0.717, 1.165) is 56.4 Å². The molecule has 3 saturated carbocycles. The fourth-order valence-electron chi connectivity index (χ4n) is 10.5. The highest BCUT2D eigenvalue weighted by Gasteiger charge is 2.65. The van der Waals surface area contributed by atoms with Gasteiger partial charge in [0, 0.05) is 34.8 Å². The topological polar surface area (TPSA) is 84.9 Å². The van der Waals surface area contributed by atoms with Crippen molar-refractivity contribution in [3.05, 3.63) is 23.3 Å². The molecule has 0 radical (unpaired) electrons. The second-order valence-corrected chi connectivity index (χ2v) is 14.9. The number of amidine groups is 1. The SMILES string of the molecule is CC.CC1=CC2(C)C3=CC(=O)C4C(CCC5(C6=NC(CCN)=NC6)CCC(C)(C)CC45)C3(C)CCC2C(C)C1=O. The summed E-state index contributed by atoms with van der Waals surface area (Å²) < 4.78 is 0. The van der Waals surface area contributed by atoms with Gasteiger partial charge < -0.3 is 5.73 Å². The Morgan fingerprint density at radius 3 is 2.38 bits per heavy atom. The minimum Gasteiger partial charge on any atom is -0.330 e. The molecule has 220 valence electrons. The Morgan fingerprint density at radius 2 is 1.68 bits per heavy atom. The molecule has 0 amide bonds. The molecule has 6 rings (SSSR count). The molecule has 8 unspecified atom stereocenters. The molecule has 0 saturated heterocycles. The van der Waals surface area contributed by atoms with E-state index >= 15 is 0 Å². The Kier molecular flexibility index (Phi) is 7.50. The molecule has 0 spiro atoms. The van der Waals surface area contributed by atoms with Crippen LogP contribution in [0.1, 0.15) is 107 Å². The lowest BCUT2D eigenvalue weighted by Crippen LogP contribution is -2.61. The zero-order chi connectivity index (χ0) is 29.3. The number of fused-ring (bicyclic) bond motifs is 7. The van der Waals surface area contributed by atoms with E-state index in [0.29, 0.717) is 30.7 Å². The first-order chi connectivity index (χ1) is 18.9. The van der Waals surface area contributed by atoms with Crippen molar-refractivity contribution in [2.24, 2.45) is 67.0 Å². The smallest absolute Gasteiger partial charge is 0.161 e. The van der Waals surface area contributed by atoms with Crippen LogP contribution >= 0.6 is 0 Å². The van der Waals surface area contributed by atoms with Gasteiger partial charge in [0.2, 0.25) is 0 Å². The number of hydrogen-bond acceptors (Lipinski definition) is 5. The van der Waals surface area contributed by atoms with Crippen molar-refractivity contribution in [1.82, 2.24) is 0 Å². The quantitative estimate of drug-likeness (QED) is 0.407. The van der Waals surface area contributed by atoms with Gasteiger partial charge in [-0.1, -0.05) is 60.1 Å². The van der Waals surface area contributed by atoms with Gasteiger partial charge in [-0.15, -0.1) is 0 Å². The van der Waals surface area contributed by atoms with E-state index in [1.165, 1.54) is 17.7 Å². The molecule has 3 fully saturated rings. The second-order valence-electron chi connectivity index (χ2n) is 14.9. The van der Waals surface area contributed by atoms with Crippen LogP contribution in [-0.2, 0) is 9.59 Å². The summed E-state index contributed by atoms with van der Waals surface area (Å²) in [5.41, 5.74) is 9.26. The molecule has 5 aliphatic carbocycles. The molecular formula is C35H53N3O2. The van der Waals surface area contributed by atoms with Crippen LogP contribution in [0.25, 0.3) is 0 Å². The van der Waals surface area contributed by atoms with Crippen LogP contribution in [0.3, 0.4) is 0 Å². The van der Waals surface area contributed by atoms with E-state index in [1.54, 1.807) is 0 Å². The third-order valence-corrected chi connectivity index (χ3v) is 12.4. The zero-order valence-electron chi connectivity index (χ0n) is 26.4. The molecule has 0 aromatic heterocycles. The Labute approximate surface area is 242 Å². The summed E-state index contributed by atoms with van der Waals surface area (Å²) >= 11 is 0. The molecule has 5 nitrogen and oxygen atoms in total. The van der Waals surface area contributed by atoms with Crippen LogP contribution in [-0.4, -0.2) is 36.2 Å². The maximum Gasteiger partial charge on any atom is 0.161 e. The first-order valence-corrected chi connectivity index (χ1v) is 16.2. The Balaban J connectivity index is 0.00000158. The van der Waals surface area contributed by atoms with E-state index < -0.39 is 0 Å². The van der Waals surface area contributed by atoms with Crippen LogP contribution in [0.4, 0.5) is 0 Å². The fourth-order valence-corrected chi connectivity index (χ4v) is 10.5. The van der Waals surface area contributed by atoms with Gasteiger partial charge in [-0.05, 0) is 98.6 Å². The Hall–Kier alpha value is -1.88. The van der Waals surface area contributed by atoms with E-state index in [2.05, 4.69) is 46.8 Å². The van der Waals surface area contributed by atoms with Crippen molar-refractivity contribution in [1.29, 1.82) is 0 Å². The normalized spacial score (nSPS) is 43.5. The van der Waals surface area contributed by atoms with Crippen LogP contribution in [0.15, 0.2) is 33.3 Å². The van der Waals surface area contributed by atoms with Gasteiger partial charge in [0.05, 0.1) is 6.54 Å². The summed E-state index contributed by atoms with van der Waals surface area (Å²) in [6.45, 7) is 18.9. The fraction of sp³-hybridized carbons (Fsp3) is 0.771. The molecule has 0 aromatic rings. The maximum absolute atomic E-state index is 14.4. The van der Waals surface area contributed by atoms with Gasteiger partial charge in [0.25, 0.3) is 0 Å². The number of hydrogen-bond donors (Lipinski definition) is 1. The van der Waals surface area contributed by atoms with Crippen LogP contribution in [0.5, 0.6) is 0 Å². The Bertz CT molecular complexity index is 1210. The standard InChI is InChI=1S/C33H47N3O2.C2H6/c1-19-16-32(6)21(20(2)29(19)38)7-10-31(5)22-8-11-33(26-18-35-27(36-26)9-14-34)13-12-30(3,4)17-23(33)28(22)24(37)15-25(31)32;1-2/h15-16,20-23,28H,7-14,17-18,34H2,1-6H3;1-2H3. The van der Waals surface area contributed by atoms with Crippen molar-refractivity contribution in [2.75, 3.05) is 13.1 Å². The van der Waals surface area contributed by atoms with Crippen molar-refractivity contribution >= 4 is 23.1 Å². The predicted octanol–water partition coefficient (Wildman–Crippen LogP) is 7.15. The third-order valence-electron chi connectivity index (χ3n) is 12.4. The van der Waals surface area contributed by atoms with E-state index in [9.17, 15) is 9.59 Å². The van der Waals surface area contributed by atoms with Gasteiger partial charge in [0.15, 0.2) is 11.6 Å². The van der Waals surface area contributed by atoms with Crippen molar-refractivity contribution in [3.8, 4) is 0 Å². The number of nitrogens with zero attached hydrogens (tertiary/aromatic N) is 2. The van der Waals surface area contributed by atoms with Crippen LogP contribution in [0, 0.1) is 51.2 Å². The average Bonchev–Trinajstić information content (AvgIpc) is 3.38. The first-order valence-electron chi connectivity index (χ1n) is 16.2. The van der Waals surface area contributed by atoms with Crippen molar-refractivity contribution in [2.45, 2.75) is 107 Å². The largest absolute Gasteiger partial charge is 0.330 e. The summed E-state index contributed by atoms with van der Waals surface area (Å²) in [7, 11) is 0. The van der Waals surface area contributed by atoms with E-state index in [-0.39, 0.29) is 45.2 Å². The van der Waals surface area contributed by atoms with Crippen molar-refractivity contribution in [3.63, 3.8) is 0 Å². The number of aliphatic imine (C=N–C) groups is 2. The van der Waals surface area contributed by atoms with Crippen molar-refractivity contribution < 1.29 is 9.59 Å². The third kappa shape index (κ3) is 4.19. The molecular weight excluding hydrogens is 494 g/mol. The molecule has 0 aromatic carbocycles. The lowest BCUT2D eigenvalue weighted by molar-refractivity contribution is -0.139. The molecule has 6 aliphatic rings. The number of ketones is 2. The average molecular weight is 548 g/mol. The molecule has 0 bridgehead atoms. The molecule has 1 aliphatic heterocycles. The minimum absolute atomic E-state index is 0.00679. The lowest BCUT2D eigenvalue weighted by Gasteiger charge is -2.64. The number of Topliss-reactive ketones (excluding diaryl/α,β-unsaturated/α-hetero) is 1. The summed E-state index contributed by atoms with van der Waals surface area (Å²) in [6.07, 6.45) is 12.7. The Morgan fingerprint density at radius 1 is 0.975 bits per heavy atom. The maximum atomic E-state index is 14.4. The van der Waals surface area contributed by atoms with Gasteiger partial charge in [0.1, 0.15) is 5.84 Å². The number of carbonyl (C=O) groups is 2. The first kappa shape index (κ1) is 29.6. The monoisotopic (exact) mass is 547 g/mol. The summed E-state index contributed by atoms with van der Waals surface area (Å²) in [6, 6.07) is 0. The molecule has 8 atom stereocenters. The molecule has 40 heavy (non-hydrogen) atoms. The van der Waals surface area contributed by atoms with E-state index in [4.69, 9.17) is 15.7 Å². The number of carbonyl (C=O) groups excluding carboxylic acids is 2. The number of allylic oxidation sites excluding steroid dienone is 4. The number of nitrogens with two attached hydrogens (primary N) is 1. The highest BCUT2D eigenvalue weighted by molar-refractivity contribution is 6.07. The van der Waals surface area contributed by atoms with Crippen LogP contribution in [0.2, 0.25) is 0 Å². The molecule has 5 heteroatoms. The summed E-state index contributed by atoms with van der Waals surface area (Å²) in [5.74, 6) is 2.55. The lowest BCUT2D eigenvalue weighted by atomic mass is 9.39. The minimum atomic E-state index is -0.216. The predicted molar refractivity (Wildman–Crippen MR) is 164 cm³/mol. The molecule has 2 N–H and O–H groups in total. The van der Waals surface area contributed by atoms with Gasteiger partial charge in [-0.3, -0.25) is 14.6 Å². The highest BCUT2D eigenvalue weighted by atomic mass is 16.1. The van der Waals surface area contributed by atoms with Gasteiger partial charge >= 0.3 is 0 Å². The second kappa shape index (κ2) is 10.1. The summed E-state index contributed by atoms with van der Waals surface area (Å²) in [5, 5.41) is 0. The zero-order valence-corrected chi connectivity index (χ0v) is 26.4. The van der Waals surface area contributed by atoms with Gasteiger partial charge in [-0.25, -0.2) is 4.99 Å². The molecule has 1 heterocycles. The van der Waals surface area contributed by atoms with E-state index in [1.807, 2.05) is 20.8 Å². The number of rotatable bonds is 3. The van der Waals surface area contributed by atoms with Gasteiger partial charge in [-0.2, -0.15) is 0 Å². The van der Waals surface area contributed by atoms with Crippen LogP contribution < -0.4 is 5.73 Å². The summed E-state index contributed by atoms with van der Waals surface area (Å²) in [4.78, 5) is 37.2. The highest BCUT2D eigenvalue weighted by Crippen LogP contribution is 2.69.